The quantitative estimate of drug-likeness (QED) is 0.660. The number of carboxylic acids is 1. The highest BCUT2D eigenvalue weighted by Gasteiger charge is 2.19. The SMILES string of the molecule is O=C(Nc1cc(Cl)ccc1F)N[C@@H](CO)C(=O)O. The lowest BCUT2D eigenvalue weighted by Gasteiger charge is -2.13. The highest BCUT2D eigenvalue weighted by atomic mass is 35.5. The molecule has 0 radical (unpaired) electrons. The van der Waals surface area contributed by atoms with E-state index in [9.17, 15) is 14.0 Å². The van der Waals surface area contributed by atoms with Gasteiger partial charge in [0, 0.05) is 5.02 Å². The van der Waals surface area contributed by atoms with E-state index in [0.717, 1.165) is 6.07 Å². The summed E-state index contributed by atoms with van der Waals surface area (Å²) < 4.78 is 13.2. The van der Waals surface area contributed by atoms with Crippen LogP contribution < -0.4 is 10.6 Å². The number of carboxylic acid groups (broad SMARTS) is 1. The molecule has 6 nitrogen and oxygen atoms in total. The van der Waals surface area contributed by atoms with Crippen molar-refractivity contribution in [1.82, 2.24) is 5.32 Å². The minimum Gasteiger partial charge on any atom is -0.480 e. The van der Waals surface area contributed by atoms with Crippen molar-refractivity contribution in [3.63, 3.8) is 0 Å². The first kappa shape index (κ1) is 14.2. The molecular weight excluding hydrogens is 267 g/mol. The number of hydrogen-bond acceptors (Lipinski definition) is 3. The fourth-order valence-corrected chi connectivity index (χ4v) is 1.27. The Morgan fingerprint density at radius 3 is 2.67 bits per heavy atom. The molecule has 2 amide bonds. The zero-order chi connectivity index (χ0) is 13.7. The third kappa shape index (κ3) is 3.86. The zero-order valence-electron chi connectivity index (χ0n) is 8.98. The van der Waals surface area contributed by atoms with E-state index >= 15 is 0 Å². The van der Waals surface area contributed by atoms with Crippen molar-refractivity contribution in [3.05, 3.63) is 29.0 Å². The van der Waals surface area contributed by atoms with Crippen molar-refractivity contribution in [2.45, 2.75) is 6.04 Å². The van der Waals surface area contributed by atoms with E-state index in [-0.39, 0.29) is 10.7 Å². The molecular formula is C10H10ClFN2O4. The van der Waals surface area contributed by atoms with Gasteiger partial charge in [0.25, 0.3) is 0 Å². The number of aliphatic hydroxyl groups excluding tert-OH is 1. The summed E-state index contributed by atoms with van der Waals surface area (Å²) in [5.41, 5.74) is -0.193. The summed E-state index contributed by atoms with van der Waals surface area (Å²) in [6.07, 6.45) is 0. The smallest absolute Gasteiger partial charge is 0.328 e. The van der Waals surface area contributed by atoms with Crippen LogP contribution in [0, 0.1) is 5.82 Å². The standard InChI is InChI=1S/C10H10ClFN2O4/c11-5-1-2-6(12)7(3-5)13-10(18)14-8(4-15)9(16)17/h1-3,8,15H,4H2,(H,16,17)(H2,13,14,18)/t8-/m0/s1. The highest BCUT2D eigenvalue weighted by molar-refractivity contribution is 6.30. The third-order valence-corrected chi connectivity index (χ3v) is 2.20. The number of benzene rings is 1. The minimum atomic E-state index is -1.47. The molecule has 0 heterocycles. The first-order valence-electron chi connectivity index (χ1n) is 4.80. The van der Waals surface area contributed by atoms with Crippen LogP contribution in [0.3, 0.4) is 0 Å². The minimum absolute atomic E-state index is 0.193. The van der Waals surface area contributed by atoms with Crippen molar-refractivity contribution < 1.29 is 24.2 Å². The van der Waals surface area contributed by atoms with Crippen molar-refractivity contribution in [2.24, 2.45) is 0 Å². The molecule has 1 aromatic rings. The van der Waals surface area contributed by atoms with E-state index < -0.39 is 30.5 Å². The molecule has 18 heavy (non-hydrogen) atoms. The van der Waals surface area contributed by atoms with Gasteiger partial charge in [-0.05, 0) is 18.2 Å². The van der Waals surface area contributed by atoms with Gasteiger partial charge in [0.15, 0.2) is 6.04 Å². The molecule has 98 valence electrons. The fraction of sp³-hybridized carbons (Fsp3) is 0.200. The number of carbonyl (C=O) groups is 2. The Kier molecular flexibility index (Phi) is 4.87. The zero-order valence-corrected chi connectivity index (χ0v) is 9.74. The number of urea groups is 1. The first-order chi connectivity index (χ1) is 8.43. The monoisotopic (exact) mass is 276 g/mol. The van der Waals surface area contributed by atoms with E-state index in [0.29, 0.717) is 0 Å². The van der Waals surface area contributed by atoms with E-state index in [1.807, 2.05) is 5.32 Å². The van der Waals surface area contributed by atoms with Crippen LogP contribution in [0.15, 0.2) is 18.2 Å². The number of carbonyl (C=O) groups excluding carboxylic acids is 1. The molecule has 0 spiro atoms. The predicted molar refractivity (Wildman–Crippen MR) is 62.1 cm³/mol. The van der Waals surface area contributed by atoms with Crippen LogP contribution in [0.1, 0.15) is 0 Å². The van der Waals surface area contributed by atoms with Crippen molar-refractivity contribution in [3.8, 4) is 0 Å². The number of anilines is 1. The Morgan fingerprint density at radius 1 is 1.44 bits per heavy atom. The fourth-order valence-electron chi connectivity index (χ4n) is 1.10. The van der Waals surface area contributed by atoms with Gasteiger partial charge in [-0.15, -0.1) is 0 Å². The van der Waals surface area contributed by atoms with Gasteiger partial charge in [0.1, 0.15) is 5.82 Å². The number of amides is 2. The number of aliphatic hydroxyl groups is 1. The normalized spacial score (nSPS) is 11.7. The lowest BCUT2D eigenvalue weighted by Crippen LogP contribution is -2.45. The topological polar surface area (TPSA) is 98.7 Å². The summed E-state index contributed by atoms with van der Waals surface area (Å²) in [7, 11) is 0. The Balaban J connectivity index is 2.70. The number of halogens is 2. The van der Waals surface area contributed by atoms with Gasteiger partial charge in [-0.25, -0.2) is 14.0 Å². The maximum absolute atomic E-state index is 13.2. The largest absolute Gasteiger partial charge is 0.480 e. The third-order valence-electron chi connectivity index (χ3n) is 1.96. The van der Waals surface area contributed by atoms with Gasteiger partial charge in [0.2, 0.25) is 0 Å². The van der Waals surface area contributed by atoms with Crippen LogP contribution >= 0.6 is 11.6 Å². The Bertz CT molecular complexity index is 469. The maximum Gasteiger partial charge on any atom is 0.328 e. The van der Waals surface area contributed by atoms with Crippen LogP contribution in [0.25, 0.3) is 0 Å². The van der Waals surface area contributed by atoms with E-state index in [1.54, 1.807) is 0 Å². The molecule has 1 atom stereocenters. The number of hydrogen-bond donors (Lipinski definition) is 4. The van der Waals surface area contributed by atoms with Crippen molar-refractivity contribution in [1.29, 1.82) is 0 Å². The van der Waals surface area contributed by atoms with Gasteiger partial charge in [-0.2, -0.15) is 0 Å². The summed E-state index contributed by atoms with van der Waals surface area (Å²) in [5.74, 6) is -2.12. The van der Waals surface area contributed by atoms with E-state index in [2.05, 4.69) is 5.32 Å². The van der Waals surface area contributed by atoms with E-state index in [4.69, 9.17) is 21.8 Å². The Morgan fingerprint density at radius 2 is 2.11 bits per heavy atom. The average molecular weight is 277 g/mol. The molecule has 8 heteroatoms. The van der Waals surface area contributed by atoms with Crippen LogP contribution in [0.2, 0.25) is 5.02 Å². The van der Waals surface area contributed by atoms with Crippen LogP contribution in [-0.4, -0.2) is 34.9 Å². The number of aliphatic carboxylic acids is 1. The summed E-state index contributed by atoms with van der Waals surface area (Å²) in [6.45, 7) is -0.777. The molecule has 0 aromatic heterocycles. The molecule has 0 bridgehead atoms. The molecule has 4 N–H and O–H groups in total. The molecule has 1 rings (SSSR count). The maximum atomic E-state index is 13.2. The number of rotatable bonds is 4. The highest BCUT2D eigenvalue weighted by Crippen LogP contribution is 2.19. The first-order valence-corrected chi connectivity index (χ1v) is 5.18. The Labute approximate surface area is 106 Å². The number of nitrogens with one attached hydrogen (secondary N) is 2. The average Bonchev–Trinajstić information content (AvgIpc) is 2.30. The second-order valence-electron chi connectivity index (χ2n) is 3.30. The van der Waals surface area contributed by atoms with Gasteiger partial charge >= 0.3 is 12.0 Å². The summed E-state index contributed by atoms with van der Waals surface area (Å²) in [6, 6.07) is 1.10. The van der Waals surface area contributed by atoms with Crippen molar-refractivity contribution >= 4 is 29.3 Å². The summed E-state index contributed by atoms with van der Waals surface area (Å²) in [5, 5.41) is 21.5. The van der Waals surface area contributed by atoms with Crippen LogP contribution in [-0.2, 0) is 4.79 Å². The second-order valence-corrected chi connectivity index (χ2v) is 3.73. The summed E-state index contributed by atoms with van der Waals surface area (Å²) in [4.78, 5) is 21.9. The molecule has 0 fully saturated rings. The predicted octanol–water partition coefficient (Wildman–Crippen LogP) is 1.05. The molecule has 0 saturated carbocycles. The molecule has 0 aliphatic heterocycles. The second kappa shape index (κ2) is 6.18. The lowest BCUT2D eigenvalue weighted by molar-refractivity contribution is -0.140. The van der Waals surface area contributed by atoms with Gasteiger partial charge < -0.3 is 20.8 Å². The Hall–Kier alpha value is -1.86. The molecule has 0 aliphatic carbocycles. The van der Waals surface area contributed by atoms with Gasteiger partial charge in [0.05, 0.1) is 12.3 Å². The molecule has 1 aromatic carbocycles. The van der Waals surface area contributed by atoms with Gasteiger partial charge in [-0.3, -0.25) is 0 Å². The van der Waals surface area contributed by atoms with Crippen molar-refractivity contribution in [2.75, 3.05) is 11.9 Å². The van der Waals surface area contributed by atoms with E-state index in [1.165, 1.54) is 12.1 Å². The van der Waals surface area contributed by atoms with Gasteiger partial charge in [-0.1, -0.05) is 11.6 Å². The lowest BCUT2D eigenvalue weighted by atomic mass is 10.3. The van der Waals surface area contributed by atoms with Crippen LogP contribution in [0.4, 0.5) is 14.9 Å². The summed E-state index contributed by atoms with van der Waals surface area (Å²) >= 11 is 5.61. The molecule has 0 aliphatic rings. The molecule has 0 saturated heterocycles. The van der Waals surface area contributed by atoms with Crippen LogP contribution in [0.5, 0.6) is 0 Å². The molecule has 0 unspecified atom stereocenters.